The Morgan fingerprint density at radius 2 is 1.88 bits per heavy atom. The number of nitrogens with zero attached hydrogens (tertiary/aromatic N) is 4. The molecule has 0 fully saturated rings. The van der Waals surface area contributed by atoms with Crippen molar-refractivity contribution in [2.24, 2.45) is 4.99 Å². The van der Waals surface area contributed by atoms with Crippen molar-refractivity contribution in [3.63, 3.8) is 0 Å². The first-order valence-corrected chi connectivity index (χ1v) is 9.13. The molecule has 0 aliphatic carbocycles. The van der Waals surface area contributed by atoms with Crippen LogP contribution in [0.25, 0.3) is 5.65 Å². The summed E-state index contributed by atoms with van der Waals surface area (Å²) >= 11 is 0. The van der Waals surface area contributed by atoms with Gasteiger partial charge in [-0.25, -0.2) is 4.99 Å². The van der Waals surface area contributed by atoms with E-state index in [-0.39, 0.29) is 0 Å². The minimum atomic E-state index is 0.481. The average molecular weight is 350 g/mol. The zero-order valence-corrected chi connectivity index (χ0v) is 15.4. The SMILES string of the molecule is CCNC(=NCc1nnc2ccccn12)NCCC(C)c1ccccc1. The van der Waals surface area contributed by atoms with Gasteiger partial charge in [0.2, 0.25) is 0 Å². The maximum absolute atomic E-state index is 4.65. The van der Waals surface area contributed by atoms with E-state index >= 15 is 0 Å². The van der Waals surface area contributed by atoms with Crippen molar-refractivity contribution < 1.29 is 0 Å². The van der Waals surface area contributed by atoms with Crippen LogP contribution in [0.15, 0.2) is 59.7 Å². The molecule has 1 unspecified atom stereocenters. The third-order valence-corrected chi connectivity index (χ3v) is 4.35. The number of guanidine groups is 1. The quantitative estimate of drug-likeness (QED) is 0.508. The predicted molar refractivity (Wildman–Crippen MR) is 105 cm³/mol. The van der Waals surface area contributed by atoms with Crippen LogP contribution in [0, 0.1) is 0 Å². The van der Waals surface area contributed by atoms with Gasteiger partial charge < -0.3 is 10.6 Å². The zero-order valence-electron chi connectivity index (χ0n) is 15.4. The number of benzene rings is 1. The highest BCUT2D eigenvalue weighted by molar-refractivity contribution is 5.79. The van der Waals surface area contributed by atoms with Crippen molar-refractivity contribution in [2.45, 2.75) is 32.7 Å². The lowest BCUT2D eigenvalue weighted by molar-refractivity contribution is 0.651. The fourth-order valence-electron chi connectivity index (χ4n) is 2.85. The Kier molecular flexibility index (Phi) is 6.19. The van der Waals surface area contributed by atoms with Gasteiger partial charge in [0.05, 0.1) is 0 Å². The molecule has 3 rings (SSSR count). The summed E-state index contributed by atoms with van der Waals surface area (Å²) < 4.78 is 1.96. The molecule has 6 nitrogen and oxygen atoms in total. The first-order valence-electron chi connectivity index (χ1n) is 9.13. The van der Waals surface area contributed by atoms with Crippen molar-refractivity contribution >= 4 is 11.6 Å². The van der Waals surface area contributed by atoms with Crippen LogP contribution in [0.5, 0.6) is 0 Å². The number of rotatable bonds is 7. The normalized spacial score (nSPS) is 12.9. The summed E-state index contributed by atoms with van der Waals surface area (Å²) in [6.07, 6.45) is 3.00. The molecule has 136 valence electrons. The summed E-state index contributed by atoms with van der Waals surface area (Å²) in [4.78, 5) is 4.65. The Bertz CT molecular complexity index is 840. The number of fused-ring (bicyclic) bond motifs is 1. The molecule has 0 aliphatic rings. The molecular weight excluding hydrogens is 324 g/mol. The summed E-state index contributed by atoms with van der Waals surface area (Å²) in [5.41, 5.74) is 2.21. The predicted octanol–water partition coefficient (Wildman–Crippen LogP) is 2.98. The van der Waals surface area contributed by atoms with E-state index in [4.69, 9.17) is 0 Å². The summed E-state index contributed by atoms with van der Waals surface area (Å²) in [6, 6.07) is 16.5. The van der Waals surface area contributed by atoms with Gasteiger partial charge in [-0.1, -0.05) is 43.3 Å². The Labute approximate surface area is 154 Å². The molecule has 26 heavy (non-hydrogen) atoms. The highest BCUT2D eigenvalue weighted by Crippen LogP contribution is 2.17. The molecule has 0 bridgehead atoms. The molecule has 1 atom stereocenters. The highest BCUT2D eigenvalue weighted by atomic mass is 15.3. The van der Waals surface area contributed by atoms with E-state index in [0.717, 1.165) is 36.9 Å². The standard InChI is InChI=1S/C20H26N6/c1-3-21-20(22-13-12-16(2)17-9-5-4-6-10-17)23-15-19-25-24-18-11-7-8-14-26(18)19/h4-11,14,16H,3,12-13,15H2,1-2H3,(H2,21,22,23). The van der Waals surface area contributed by atoms with Gasteiger partial charge in [0, 0.05) is 19.3 Å². The molecule has 2 heterocycles. The Morgan fingerprint density at radius 1 is 1.08 bits per heavy atom. The van der Waals surface area contributed by atoms with Crippen LogP contribution in [0.3, 0.4) is 0 Å². The molecule has 3 aromatic rings. The van der Waals surface area contributed by atoms with E-state index in [0.29, 0.717) is 12.5 Å². The van der Waals surface area contributed by atoms with Gasteiger partial charge in [0.25, 0.3) is 0 Å². The number of aromatic nitrogens is 3. The number of hydrogen-bond donors (Lipinski definition) is 2. The minimum Gasteiger partial charge on any atom is -0.357 e. The van der Waals surface area contributed by atoms with E-state index in [2.05, 4.69) is 70.0 Å². The van der Waals surface area contributed by atoms with Crippen LogP contribution in [-0.2, 0) is 6.54 Å². The van der Waals surface area contributed by atoms with Gasteiger partial charge in [-0.15, -0.1) is 10.2 Å². The molecular formula is C20H26N6. The fraction of sp³-hybridized carbons (Fsp3) is 0.350. The first kappa shape index (κ1) is 17.9. The van der Waals surface area contributed by atoms with E-state index in [1.807, 2.05) is 28.8 Å². The third kappa shape index (κ3) is 4.59. The second-order valence-electron chi connectivity index (χ2n) is 6.27. The molecule has 0 spiro atoms. The molecule has 1 aromatic carbocycles. The largest absolute Gasteiger partial charge is 0.357 e. The fourth-order valence-corrected chi connectivity index (χ4v) is 2.85. The highest BCUT2D eigenvalue weighted by Gasteiger charge is 2.07. The lowest BCUT2D eigenvalue weighted by atomic mass is 9.98. The van der Waals surface area contributed by atoms with Crippen LogP contribution in [0.1, 0.15) is 37.6 Å². The summed E-state index contributed by atoms with van der Waals surface area (Å²) in [7, 11) is 0. The maximum atomic E-state index is 4.65. The van der Waals surface area contributed by atoms with Gasteiger partial charge in [0.15, 0.2) is 17.4 Å². The van der Waals surface area contributed by atoms with E-state index in [1.54, 1.807) is 0 Å². The summed E-state index contributed by atoms with van der Waals surface area (Å²) in [6.45, 7) is 6.48. The van der Waals surface area contributed by atoms with Crippen LogP contribution in [-0.4, -0.2) is 33.6 Å². The van der Waals surface area contributed by atoms with Crippen molar-refractivity contribution in [1.82, 2.24) is 25.2 Å². The van der Waals surface area contributed by atoms with Gasteiger partial charge >= 0.3 is 0 Å². The van der Waals surface area contributed by atoms with Gasteiger partial charge in [-0.3, -0.25) is 4.40 Å². The monoisotopic (exact) mass is 350 g/mol. The molecule has 0 saturated heterocycles. The zero-order chi connectivity index (χ0) is 18.2. The van der Waals surface area contributed by atoms with E-state index < -0.39 is 0 Å². The lowest BCUT2D eigenvalue weighted by Gasteiger charge is -2.15. The average Bonchev–Trinajstić information content (AvgIpc) is 3.10. The lowest BCUT2D eigenvalue weighted by Crippen LogP contribution is -2.38. The molecule has 0 amide bonds. The number of pyridine rings is 1. The molecule has 0 saturated carbocycles. The molecule has 2 N–H and O–H groups in total. The third-order valence-electron chi connectivity index (χ3n) is 4.35. The van der Waals surface area contributed by atoms with Crippen LogP contribution < -0.4 is 10.6 Å². The van der Waals surface area contributed by atoms with Crippen molar-refractivity contribution in [3.8, 4) is 0 Å². The maximum Gasteiger partial charge on any atom is 0.191 e. The van der Waals surface area contributed by atoms with E-state index in [9.17, 15) is 0 Å². The molecule has 0 radical (unpaired) electrons. The number of nitrogens with one attached hydrogen (secondary N) is 2. The van der Waals surface area contributed by atoms with Crippen LogP contribution in [0.2, 0.25) is 0 Å². The first-order chi connectivity index (χ1) is 12.8. The Balaban J connectivity index is 1.57. The van der Waals surface area contributed by atoms with Crippen LogP contribution >= 0.6 is 0 Å². The molecule has 0 aliphatic heterocycles. The van der Waals surface area contributed by atoms with Crippen molar-refractivity contribution in [3.05, 3.63) is 66.1 Å². The number of aliphatic imine (C=N–C) groups is 1. The van der Waals surface area contributed by atoms with Crippen molar-refractivity contribution in [1.29, 1.82) is 0 Å². The summed E-state index contributed by atoms with van der Waals surface area (Å²) in [5.74, 6) is 2.14. The smallest absolute Gasteiger partial charge is 0.191 e. The number of hydrogen-bond acceptors (Lipinski definition) is 3. The topological polar surface area (TPSA) is 66.6 Å². The Morgan fingerprint density at radius 3 is 2.69 bits per heavy atom. The van der Waals surface area contributed by atoms with Gasteiger partial charge in [-0.2, -0.15) is 0 Å². The van der Waals surface area contributed by atoms with Crippen molar-refractivity contribution in [2.75, 3.05) is 13.1 Å². The van der Waals surface area contributed by atoms with Gasteiger partial charge in [0.1, 0.15) is 6.54 Å². The summed E-state index contributed by atoms with van der Waals surface area (Å²) in [5, 5.41) is 15.1. The second kappa shape index (κ2) is 8.99. The minimum absolute atomic E-state index is 0.481. The van der Waals surface area contributed by atoms with E-state index in [1.165, 1.54) is 5.56 Å². The Hall–Kier alpha value is -2.89. The van der Waals surface area contributed by atoms with Gasteiger partial charge in [-0.05, 0) is 37.0 Å². The molecule has 6 heteroatoms. The second-order valence-corrected chi connectivity index (χ2v) is 6.27. The van der Waals surface area contributed by atoms with Crippen LogP contribution in [0.4, 0.5) is 0 Å². The molecule has 2 aromatic heterocycles.